The second-order valence-corrected chi connectivity index (χ2v) is 6.20. The van der Waals surface area contributed by atoms with Crippen LogP contribution in [0.3, 0.4) is 0 Å². The molecule has 0 aliphatic carbocycles. The number of rotatable bonds is 7. The summed E-state index contributed by atoms with van der Waals surface area (Å²) in [6.07, 6.45) is 0. The quantitative estimate of drug-likeness (QED) is 0.683. The van der Waals surface area contributed by atoms with Gasteiger partial charge in [-0.2, -0.15) is 0 Å². The number of quaternary nitrogens is 1. The monoisotopic (exact) mass is 380 g/mol. The zero-order chi connectivity index (χ0) is 19.1. The summed E-state index contributed by atoms with van der Waals surface area (Å²) in [5, 5.41) is 5.51. The van der Waals surface area contributed by atoms with E-state index in [1.54, 1.807) is 38.4 Å². The Hall–Kier alpha value is -2.64. The van der Waals surface area contributed by atoms with E-state index >= 15 is 0 Å². The van der Waals surface area contributed by atoms with Crippen molar-refractivity contribution >= 4 is 34.8 Å². The normalized spacial score (nSPS) is 11.5. The first-order valence-corrected chi connectivity index (χ1v) is 8.25. The van der Waals surface area contributed by atoms with Gasteiger partial charge in [0, 0.05) is 10.7 Å². The third-order valence-corrected chi connectivity index (χ3v) is 3.74. The third kappa shape index (κ3) is 6.02. The lowest BCUT2D eigenvalue weighted by Crippen LogP contribution is -3.11. The topological polar surface area (TPSA) is 71.9 Å². The Labute approximate surface area is 155 Å². The molecule has 0 fully saturated rings. The van der Waals surface area contributed by atoms with Gasteiger partial charge in [0.05, 0.1) is 19.8 Å². The molecule has 0 spiro atoms. The molecule has 0 aromatic heterocycles. The molecule has 2 amide bonds. The number of amides is 2. The molecule has 0 bridgehead atoms. The van der Waals surface area contributed by atoms with E-state index in [0.29, 0.717) is 21.4 Å². The third-order valence-electron chi connectivity index (χ3n) is 3.50. The van der Waals surface area contributed by atoms with Crippen LogP contribution in [0, 0.1) is 5.82 Å². The molecule has 2 rings (SSSR count). The average Bonchev–Trinajstić information content (AvgIpc) is 2.58. The van der Waals surface area contributed by atoms with Crippen molar-refractivity contribution in [2.45, 2.75) is 0 Å². The zero-order valence-electron chi connectivity index (χ0n) is 14.4. The number of benzene rings is 2. The molecule has 0 radical (unpaired) electrons. The molecule has 26 heavy (non-hydrogen) atoms. The van der Waals surface area contributed by atoms with Crippen LogP contribution < -0.4 is 20.3 Å². The van der Waals surface area contributed by atoms with E-state index in [4.69, 9.17) is 16.3 Å². The first kappa shape index (κ1) is 19.7. The number of likely N-dealkylation sites (N-methyl/N-ethyl adjacent to an activating group) is 1. The number of anilines is 2. The summed E-state index contributed by atoms with van der Waals surface area (Å²) in [6, 6.07) is 10.8. The van der Waals surface area contributed by atoms with E-state index in [0.717, 1.165) is 0 Å². The van der Waals surface area contributed by atoms with Gasteiger partial charge in [-0.25, -0.2) is 4.39 Å². The molecule has 2 aromatic carbocycles. The highest BCUT2D eigenvalue weighted by atomic mass is 35.5. The minimum atomic E-state index is -0.572. The molecule has 3 N–H and O–H groups in total. The molecule has 0 aliphatic heterocycles. The summed E-state index contributed by atoms with van der Waals surface area (Å²) in [7, 11) is 3.26. The number of hydrogen-bond acceptors (Lipinski definition) is 3. The minimum absolute atomic E-state index is 0.00197. The SMILES string of the molecule is COc1ccc(NC(=O)C[NH+](C)CC(=O)Nc2cc(Cl)ccc2F)cc1. The zero-order valence-corrected chi connectivity index (χ0v) is 15.2. The molecule has 0 saturated carbocycles. The number of nitrogens with one attached hydrogen (secondary N) is 3. The number of methoxy groups -OCH3 is 1. The van der Waals surface area contributed by atoms with Crippen molar-refractivity contribution in [1.29, 1.82) is 0 Å². The fraction of sp³-hybridized carbons (Fsp3) is 0.222. The van der Waals surface area contributed by atoms with Gasteiger partial charge in [-0.05, 0) is 42.5 Å². The highest BCUT2D eigenvalue weighted by Crippen LogP contribution is 2.19. The first-order chi connectivity index (χ1) is 12.4. The van der Waals surface area contributed by atoms with Crippen LogP contribution in [0.4, 0.5) is 15.8 Å². The van der Waals surface area contributed by atoms with Crippen LogP contribution in [0.15, 0.2) is 42.5 Å². The lowest BCUT2D eigenvalue weighted by molar-refractivity contribution is -0.862. The summed E-state index contributed by atoms with van der Waals surface area (Å²) >= 11 is 5.79. The molecular weight excluding hydrogens is 361 g/mol. The predicted octanol–water partition coefficient (Wildman–Crippen LogP) is 1.58. The molecular formula is C18H20ClFN3O3+. The second kappa shape index (κ2) is 9.17. The van der Waals surface area contributed by atoms with Crippen molar-refractivity contribution < 1.29 is 23.6 Å². The van der Waals surface area contributed by atoms with Gasteiger partial charge in [0.1, 0.15) is 11.6 Å². The van der Waals surface area contributed by atoms with Crippen molar-refractivity contribution in [3.8, 4) is 5.75 Å². The lowest BCUT2D eigenvalue weighted by atomic mass is 10.3. The smallest absolute Gasteiger partial charge is 0.279 e. The van der Waals surface area contributed by atoms with E-state index in [1.165, 1.54) is 18.2 Å². The van der Waals surface area contributed by atoms with Crippen molar-refractivity contribution in [1.82, 2.24) is 0 Å². The highest BCUT2D eigenvalue weighted by molar-refractivity contribution is 6.30. The van der Waals surface area contributed by atoms with Crippen LogP contribution in [0.1, 0.15) is 0 Å². The number of carbonyl (C=O) groups is 2. The maximum Gasteiger partial charge on any atom is 0.279 e. The van der Waals surface area contributed by atoms with Crippen molar-refractivity contribution in [3.05, 3.63) is 53.3 Å². The molecule has 0 heterocycles. The van der Waals surface area contributed by atoms with E-state index < -0.39 is 11.7 Å². The van der Waals surface area contributed by atoms with Gasteiger partial charge in [-0.15, -0.1) is 0 Å². The first-order valence-electron chi connectivity index (χ1n) is 7.87. The van der Waals surface area contributed by atoms with Gasteiger partial charge >= 0.3 is 0 Å². The lowest BCUT2D eigenvalue weighted by Gasteiger charge is -2.14. The van der Waals surface area contributed by atoms with Crippen molar-refractivity contribution in [2.24, 2.45) is 0 Å². The molecule has 2 aromatic rings. The van der Waals surface area contributed by atoms with Crippen LogP contribution in [0.2, 0.25) is 5.02 Å². The average molecular weight is 381 g/mol. The Morgan fingerprint density at radius 2 is 1.69 bits per heavy atom. The van der Waals surface area contributed by atoms with E-state index in [9.17, 15) is 14.0 Å². The van der Waals surface area contributed by atoms with Crippen LogP contribution in [0.5, 0.6) is 5.75 Å². The Morgan fingerprint density at radius 1 is 1.08 bits per heavy atom. The Kier molecular flexibility index (Phi) is 6.94. The van der Waals surface area contributed by atoms with Gasteiger partial charge in [0.25, 0.3) is 11.8 Å². The largest absolute Gasteiger partial charge is 0.497 e. The van der Waals surface area contributed by atoms with Crippen LogP contribution in [-0.2, 0) is 9.59 Å². The Balaban J connectivity index is 1.82. The van der Waals surface area contributed by atoms with Gasteiger partial charge < -0.3 is 20.3 Å². The fourth-order valence-electron chi connectivity index (χ4n) is 2.28. The summed E-state index contributed by atoms with van der Waals surface area (Å²) in [5.41, 5.74) is 0.645. The Bertz CT molecular complexity index is 784. The van der Waals surface area contributed by atoms with Gasteiger partial charge in [-0.1, -0.05) is 11.6 Å². The fourth-order valence-corrected chi connectivity index (χ4v) is 2.45. The molecule has 138 valence electrons. The summed E-state index contributed by atoms with van der Waals surface area (Å²) < 4.78 is 18.7. The maximum atomic E-state index is 13.6. The van der Waals surface area contributed by atoms with E-state index in [-0.39, 0.29) is 24.7 Å². The summed E-state index contributed by atoms with van der Waals surface area (Å²) in [5.74, 6) is -0.538. The standard InChI is InChI=1S/C18H19ClFN3O3/c1-23(10-17(24)21-13-4-6-14(26-2)7-5-13)11-18(25)22-16-9-12(19)3-8-15(16)20/h3-9H,10-11H2,1-2H3,(H,21,24)(H,22,25)/p+1. The number of ether oxygens (including phenoxy) is 1. The van der Waals surface area contributed by atoms with Crippen LogP contribution in [0.25, 0.3) is 0 Å². The predicted molar refractivity (Wildman–Crippen MR) is 98.3 cm³/mol. The van der Waals surface area contributed by atoms with Crippen molar-refractivity contribution in [3.63, 3.8) is 0 Å². The maximum absolute atomic E-state index is 13.6. The molecule has 0 saturated heterocycles. The van der Waals surface area contributed by atoms with Gasteiger partial charge in [0.2, 0.25) is 0 Å². The molecule has 1 atom stereocenters. The Morgan fingerprint density at radius 3 is 2.31 bits per heavy atom. The van der Waals surface area contributed by atoms with Gasteiger partial charge in [-0.3, -0.25) is 9.59 Å². The molecule has 1 unspecified atom stereocenters. The summed E-state index contributed by atoms with van der Waals surface area (Å²) in [4.78, 5) is 24.7. The van der Waals surface area contributed by atoms with Gasteiger partial charge in [0.15, 0.2) is 13.1 Å². The van der Waals surface area contributed by atoms with Crippen LogP contribution >= 0.6 is 11.6 Å². The van der Waals surface area contributed by atoms with Crippen molar-refractivity contribution in [2.75, 3.05) is 37.9 Å². The molecule has 8 heteroatoms. The molecule has 6 nitrogen and oxygen atoms in total. The number of halogens is 2. The second-order valence-electron chi connectivity index (χ2n) is 5.76. The number of hydrogen-bond donors (Lipinski definition) is 3. The minimum Gasteiger partial charge on any atom is -0.497 e. The highest BCUT2D eigenvalue weighted by Gasteiger charge is 2.16. The van der Waals surface area contributed by atoms with Crippen LogP contribution in [-0.4, -0.2) is 39.1 Å². The molecule has 0 aliphatic rings. The summed E-state index contributed by atoms with van der Waals surface area (Å²) in [6.45, 7) is 0.0828. The van der Waals surface area contributed by atoms with E-state index in [2.05, 4.69) is 10.6 Å². The van der Waals surface area contributed by atoms with E-state index in [1.807, 2.05) is 0 Å². The number of carbonyl (C=O) groups excluding carboxylic acids is 2.